The Labute approximate surface area is 98.4 Å². The van der Waals surface area contributed by atoms with Gasteiger partial charge in [-0.3, -0.25) is 4.98 Å². The molecule has 0 aliphatic heterocycles. The number of aryl methyl sites for hydroxylation is 1. The Bertz CT molecular complexity index is 468. The van der Waals surface area contributed by atoms with Crippen LogP contribution in [0.4, 0.5) is 0 Å². The highest BCUT2D eigenvalue weighted by molar-refractivity contribution is 7.09. The lowest BCUT2D eigenvalue weighted by molar-refractivity contribution is 0.223. The molecular formula is C12H13NO2S. The van der Waals surface area contributed by atoms with Gasteiger partial charge in [0, 0.05) is 6.20 Å². The van der Waals surface area contributed by atoms with Gasteiger partial charge < -0.3 is 9.84 Å². The first kappa shape index (κ1) is 11.1. The average Bonchev–Trinajstić information content (AvgIpc) is 2.81. The average molecular weight is 235 g/mol. The number of rotatable bonds is 3. The summed E-state index contributed by atoms with van der Waals surface area (Å²) in [5.41, 5.74) is 3.63. The molecule has 0 fully saturated rings. The molecule has 3 nitrogen and oxygen atoms in total. The minimum atomic E-state index is -0.599. The van der Waals surface area contributed by atoms with Crippen molar-refractivity contribution < 1.29 is 9.84 Å². The molecule has 2 rings (SSSR count). The van der Waals surface area contributed by atoms with E-state index in [1.54, 1.807) is 18.8 Å². The predicted octanol–water partition coefficient (Wildman–Crippen LogP) is 2.54. The van der Waals surface area contributed by atoms with Crippen LogP contribution in [0, 0.1) is 6.92 Å². The smallest absolute Gasteiger partial charge is 0.119 e. The summed E-state index contributed by atoms with van der Waals surface area (Å²) in [5.74, 6) is 0.803. The number of benzene rings is 1. The van der Waals surface area contributed by atoms with Crippen molar-refractivity contribution in [2.75, 3.05) is 7.11 Å². The second-order valence-electron chi connectivity index (χ2n) is 3.53. The van der Waals surface area contributed by atoms with E-state index < -0.39 is 6.10 Å². The molecule has 4 heteroatoms. The van der Waals surface area contributed by atoms with Gasteiger partial charge in [0.25, 0.3) is 0 Å². The molecule has 0 amide bonds. The topological polar surface area (TPSA) is 42.4 Å². The van der Waals surface area contributed by atoms with E-state index >= 15 is 0 Å². The molecule has 1 unspecified atom stereocenters. The second kappa shape index (κ2) is 4.63. The Morgan fingerprint density at radius 3 is 2.81 bits per heavy atom. The first-order valence-corrected chi connectivity index (χ1v) is 5.81. The molecule has 84 valence electrons. The second-order valence-corrected chi connectivity index (χ2v) is 4.45. The lowest BCUT2D eigenvalue weighted by Crippen LogP contribution is -2.00. The van der Waals surface area contributed by atoms with Crippen molar-refractivity contribution in [3.05, 3.63) is 45.9 Å². The highest BCUT2D eigenvalue weighted by Crippen LogP contribution is 2.29. The molecular weight excluding hydrogens is 222 g/mol. The molecule has 1 aromatic carbocycles. The lowest BCUT2D eigenvalue weighted by Gasteiger charge is -2.12. The van der Waals surface area contributed by atoms with Gasteiger partial charge >= 0.3 is 0 Å². The maximum absolute atomic E-state index is 10.2. The fourth-order valence-corrected chi connectivity index (χ4v) is 2.22. The quantitative estimate of drug-likeness (QED) is 0.889. The summed E-state index contributed by atoms with van der Waals surface area (Å²) >= 11 is 1.45. The summed E-state index contributed by atoms with van der Waals surface area (Å²) in [7, 11) is 1.63. The van der Waals surface area contributed by atoms with Crippen molar-refractivity contribution in [1.82, 2.24) is 4.98 Å². The van der Waals surface area contributed by atoms with Gasteiger partial charge in [-0.05, 0) is 30.2 Å². The van der Waals surface area contributed by atoms with Crippen molar-refractivity contribution in [2.24, 2.45) is 0 Å². The van der Waals surface area contributed by atoms with Crippen molar-refractivity contribution in [2.45, 2.75) is 13.0 Å². The highest BCUT2D eigenvalue weighted by Gasteiger charge is 2.14. The van der Waals surface area contributed by atoms with Crippen molar-refractivity contribution >= 4 is 11.3 Å². The van der Waals surface area contributed by atoms with Crippen LogP contribution in [0.5, 0.6) is 5.75 Å². The Kier molecular flexibility index (Phi) is 3.22. The van der Waals surface area contributed by atoms with Gasteiger partial charge in [0.1, 0.15) is 11.9 Å². The number of hydrogen-bond acceptors (Lipinski definition) is 4. The Hall–Kier alpha value is -1.39. The Morgan fingerprint density at radius 2 is 2.25 bits per heavy atom. The molecule has 16 heavy (non-hydrogen) atoms. The fourth-order valence-electron chi connectivity index (χ4n) is 1.60. The third kappa shape index (κ3) is 2.08. The van der Waals surface area contributed by atoms with Crippen LogP contribution in [0.1, 0.15) is 22.1 Å². The molecule has 0 saturated heterocycles. The molecule has 2 aromatic rings. The summed E-state index contributed by atoms with van der Waals surface area (Å²) in [6.07, 6.45) is 1.09. The monoisotopic (exact) mass is 235 g/mol. The standard InChI is InChI=1S/C12H13NO2S/c1-8-5-9(15-2)3-4-10(8)12(14)11-6-13-7-16-11/h3-7,12,14H,1-2H3. The Balaban J connectivity index is 2.34. The number of methoxy groups -OCH3 is 1. The Morgan fingerprint density at radius 1 is 1.44 bits per heavy atom. The molecule has 0 spiro atoms. The number of nitrogens with zero attached hydrogens (tertiary/aromatic N) is 1. The zero-order valence-corrected chi connectivity index (χ0v) is 9.99. The van der Waals surface area contributed by atoms with E-state index in [-0.39, 0.29) is 0 Å². The van der Waals surface area contributed by atoms with E-state index in [1.807, 2.05) is 25.1 Å². The molecule has 0 radical (unpaired) electrons. The van der Waals surface area contributed by atoms with Gasteiger partial charge in [0.2, 0.25) is 0 Å². The van der Waals surface area contributed by atoms with Gasteiger partial charge in [0.15, 0.2) is 0 Å². The fraction of sp³-hybridized carbons (Fsp3) is 0.250. The number of aliphatic hydroxyl groups is 1. The van der Waals surface area contributed by atoms with Crippen LogP contribution in [-0.2, 0) is 0 Å². The maximum atomic E-state index is 10.2. The van der Waals surface area contributed by atoms with Gasteiger partial charge in [-0.25, -0.2) is 0 Å². The van der Waals surface area contributed by atoms with Crippen LogP contribution in [0.3, 0.4) is 0 Å². The van der Waals surface area contributed by atoms with Crippen molar-refractivity contribution in [3.63, 3.8) is 0 Å². The maximum Gasteiger partial charge on any atom is 0.119 e. The number of thiazole rings is 1. The third-order valence-electron chi connectivity index (χ3n) is 2.49. The third-order valence-corrected chi connectivity index (χ3v) is 3.32. The normalized spacial score (nSPS) is 12.4. The number of aromatic nitrogens is 1. The van der Waals surface area contributed by atoms with Crippen LogP contribution in [-0.4, -0.2) is 17.2 Å². The van der Waals surface area contributed by atoms with Gasteiger partial charge in [-0.2, -0.15) is 0 Å². The van der Waals surface area contributed by atoms with Crippen LogP contribution in [0.15, 0.2) is 29.9 Å². The van der Waals surface area contributed by atoms with Gasteiger partial charge in [0.05, 0.1) is 17.5 Å². The van der Waals surface area contributed by atoms with E-state index in [0.29, 0.717) is 0 Å². The van der Waals surface area contributed by atoms with E-state index in [4.69, 9.17) is 4.74 Å². The van der Waals surface area contributed by atoms with Crippen LogP contribution < -0.4 is 4.74 Å². The lowest BCUT2D eigenvalue weighted by atomic mass is 10.0. The summed E-state index contributed by atoms with van der Waals surface area (Å²) in [5, 5.41) is 10.2. The van der Waals surface area contributed by atoms with Gasteiger partial charge in [-0.15, -0.1) is 11.3 Å². The first-order valence-electron chi connectivity index (χ1n) is 4.93. The minimum absolute atomic E-state index is 0.599. The SMILES string of the molecule is COc1ccc(C(O)c2cncs2)c(C)c1. The van der Waals surface area contributed by atoms with E-state index in [9.17, 15) is 5.11 Å². The van der Waals surface area contributed by atoms with Crippen molar-refractivity contribution in [3.8, 4) is 5.75 Å². The molecule has 0 aliphatic rings. The zero-order valence-electron chi connectivity index (χ0n) is 9.18. The van der Waals surface area contributed by atoms with Crippen LogP contribution in [0.25, 0.3) is 0 Å². The van der Waals surface area contributed by atoms with Crippen molar-refractivity contribution in [1.29, 1.82) is 0 Å². The van der Waals surface area contributed by atoms with E-state index in [2.05, 4.69) is 4.98 Å². The molecule has 0 bridgehead atoms. The van der Waals surface area contributed by atoms with Crippen LogP contribution in [0.2, 0.25) is 0 Å². The summed E-state index contributed by atoms with van der Waals surface area (Å²) in [4.78, 5) is 4.82. The number of ether oxygens (including phenoxy) is 1. The molecule has 0 aliphatic carbocycles. The highest BCUT2D eigenvalue weighted by atomic mass is 32.1. The molecule has 1 heterocycles. The zero-order chi connectivity index (χ0) is 11.5. The summed E-state index contributed by atoms with van der Waals surface area (Å²) in [6, 6.07) is 5.66. The predicted molar refractivity (Wildman–Crippen MR) is 63.9 cm³/mol. The minimum Gasteiger partial charge on any atom is -0.497 e. The van der Waals surface area contributed by atoms with Gasteiger partial charge in [-0.1, -0.05) is 6.07 Å². The van der Waals surface area contributed by atoms with Crippen LogP contribution >= 0.6 is 11.3 Å². The summed E-state index contributed by atoms with van der Waals surface area (Å²) < 4.78 is 5.13. The number of hydrogen-bond donors (Lipinski definition) is 1. The largest absolute Gasteiger partial charge is 0.497 e. The molecule has 1 atom stereocenters. The molecule has 1 aromatic heterocycles. The van der Waals surface area contributed by atoms with E-state index in [1.165, 1.54) is 11.3 Å². The summed E-state index contributed by atoms with van der Waals surface area (Å²) in [6.45, 7) is 1.96. The molecule has 1 N–H and O–H groups in total. The first-order chi connectivity index (χ1) is 7.72. The van der Waals surface area contributed by atoms with E-state index in [0.717, 1.165) is 21.8 Å². The molecule has 0 saturated carbocycles. The number of aliphatic hydroxyl groups excluding tert-OH is 1.